The third kappa shape index (κ3) is 3.70. The minimum absolute atomic E-state index is 0.0234. The maximum Gasteiger partial charge on any atom is 0.130 e. The molecule has 1 N–H and O–H groups in total. The molecule has 0 bridgehead atoms. The van der Waals surface area contributed by atoms with Crippen molar-refractivity contribution < 1.29 is 9.13 Å². The van der Waals surface area contributed by atoms with E-state index in [9.17, 15) is 4.39 Å². The molecule has 112 valence electrons. The topological polar surface area (TPSA) is 24.5 Å². The Morgan fingerprint density at radius 3 is 3.00 bits per heavy atom. The molecule has 1 unspecified atom stereocenters. The van der Waals surface area contributed by atoms with Crippen LogP contribution in [0.15, 0.2) is 18.2 Å². The lowest BCUT2D eigenvalue weighted by molar-refractivity contribution is 0.152. The fourth-order valence-electron chi connectivity index (χ4n) is 2.68. The number of nitrogens with one attached hydrogen (secondary N) is 1. The number of rotatable bonds is 5. The van der Waals surface area contributed by atoms with Crippen molar-refractivity contribution in [2.75, 3.05) is 37.7 Å². The van der Waals surface area contributed by atoms with Crippen molar-refractivity contribution in [1.82, 2.24) is 5.32 Å². The number of nitrogens with zero attached hydrogens (tertiary/aromatic N) is 1. The molecule has 1 aromatic rings. The van der Waals surface area contributed by atoms with Crippen LogP contribution >= 0.6 is 0 Å². The van der Waals surface area contributed by atoms with Gasteiger partial charge in [-0.05, 0) is 38.4 Å². The van der Waals surface area contributed by atoms with Crippen LogP contribution in [0.3, 0.4) is 0 Å². The minimum atomic E-state index is -0.122. The summed E-state index contributed by atoms with van der Waals surface area (Å²) >= 11 is 0. The molecule has 0 spiro atoms. The zero-order chi connectivity index (χ0) is 14.4. The van der Waals surface area contributed by atoms with Crippen LogP contribution in [0.4, 0.5) is 10.1 Å². The average molecular weight is 280 g/mol. The van der Waals surface area contributed by atoms with Crippen LogP contribution in [0.25, 0.3) is 0 Å². The second kappa shape index (κ2) is 7.60. The predicted molar refractivity (Wildman–Crippen MR) is 80.8 cm³/mol. The summed E-state index contributed by atoms with van der Waals surface area (Å²) in [4.78, 5) is 2.25. The van der Waals surface area contributed by atoms with Crippen molar-refractivity contribution in [2.24, 2.45) is 0 Å². The Morgan fingerprint density at radius 1 is 1.35 bits per heavy atom. The summed E-state index contributed by atoms with van der Waals surface area (Å²) < 4.78 is 19.8. The highest BCUT2D eigenvalue weighted by atomic mass is 19.1. The molecule has 1 aromatic carbocycles. The zero-order valence-electron chi connectivity index (χ0n) is 12.5. The van der Waals surface area contributed by atoms with Gasteiger partial charge in [-0.15, -0.1) is 0 Å². The van der Waals surface area contributed by atoms with Gasteiger partial charge in [0.05, 0.1) is 6.61 Å². The molecule has 0 aromatic heterocycles. The van der Waals surface area contributed by atoms with Gasteiger partial charge in [0.25, 0.3) is 0 Å². The minimum Gasteiger partial charge on any atom is -0.380 e. The van der Waals surface area contributed by atoms with Crippen LogP contribution in [0.1, 0.15) is 38.3 Å². The molecule has 20 heavy (non-hydrogen) atoms. The van der Waals surface area contributed by atoms with Gasteiger partial charge in [-0.1, -0.05) is 13.0 Å². The highest BCUT2D eigenvalue weighted by molar-refractivity contribution is 5.55. The third-order valence-electron chi connectivity index (χ3n) is 3.73. The summed E-state index contributed by atoms with van der Waals surface area (Å²) in [6, 6.07) is 5.40. The molecule has 1 aliphatic heterocycles. The lowest BCUT2D eigenvalue weighted by atomic mass is 10.0. The van der Waals surface area contributed by atoms with Crippen LogP contribution in [0.5, 0.6) is 0 Å². The third-order valence-corrected chi connectivity index (χ3v) is 3.73. The molecule has 0 aliphatic carbocycles. The van der Waals surface area contributed by atoms with Crippen LogP contribution in [-0.4, -0.2) is 32.8 Å². The Bertz CT molecular complexity index is 417. The van der Waals surface area contributed by atoms with Crippen molar-refractivity contribution in [2.45, 2.75) is 32.7 Å². The summed E-state index contributed by atoms with van der Waals surface area (Å²) in [5.74, 6) is -0.122. The number of halogens is 1. The van der Waals surface area contributed by atoms with E-state index in [0.29, 0.717) is 6.61 Å². The van der Waals surface area contributed by atoms with Crippen molar-refractivity contribution in [3.8, 4) is 0 Å². The van der Waals surface area contributed by atoms with Gasteiger partial charge in [-0.2, -0.15) is 0 Å². The van der Waals surface area contributed by atoms with E-state index >= 15 is 0 Å². The van der Waals surface area contributed by atoms with E-state index < -0.39 is 0 Å². The summed E-state index contributed by atoms with van der Waals surface area (Å²) in [6.45, 7) is 8.32. The highest BCUT2D eigenvalue weighted by Crippen LogP contribution is 2.29. The molecule has 1 aliphatic rings. The first-order valence-corrected chi connectivity index (χ1v) is 7.58. The van der Waals surface area contributed by atoms with Crippen LogP contribution in [0.2, 0.25) is 0 Å². The zero-order valence-corrected chi connectivity index (χ0v) is 12.5. The average Bonchev–Trinajstić information content (AvgIpc) is 2.73. The molecule has 1 saturated heterocycles. The molecule has 0 radical (unpaired) electrons. The molecular formula is C16H25FN2O. The van der Waals surface area contributed by atoms with Crippen molar-refractivity contribution in [3.63, 3.8) is 0 Å². The van der Waals surface area contributed by atoms with Crippen molar-refractivity contribution in [1.29, 1.82) is 0 Å². The van der Waals surface area contributed by atoms with Gasteiger partial charge in [0, 0.05) is 37.0 Å². The van der Waals surface area contributed by atoms with Gasteiger partial charge in [0.1, 0.15) is 5.82 Å². The summed E-state index contributed by atoms with van der Waals surface area (Å²) in [5.41, 5.74) is 1.79. The molecule has 3 nitrogen and oxygen atoms in total. The maximum absolute atomic E-state index is 14.3. The first-order chi connectivity index (χ1) is 9.74. The fourth-order valence-corrected chi connectivity index (χ4v) is 2.68. The molecule has 1 fully saturated rings. The van der Waals surface area contributed by atoms with Gasteiger partial charge in [0.2, 0.25) is 0 Å². The molecular weight excluding hydrogens is 255 g/mol. The lowest BCUT2D eigenvalue weighted by Gasteiger charge is -2.28. The van der Waals surface area contributed by atoms with Gasteiger partial charge < -0.3 is 15.0 Å². The smallest absolute Gasteiger partial charge is 0.130 e. The Labute approximate surface area is 121 Å². The second-order valence-corrected chi connectivity index (χ2v) is 5.30. The quantitative estimate of drug-likeness (QED) is 0.897. The number of anilines is 1. The fraction of sp³-hybridized carbons (Fsp3) is 0.625. The van der Waals surface area contributed by atoms with E-state index in [2.05, 4.69) is 17.1 Å². The summed E-state index contributed by atoms with van der Waals surface area (Å²) in [5, 5.41) is 3.39. The van der Waals surface area contributed by atoms with Crippen LogP contribution in [-0.2, 0) is 4.74 Å². The Kier molecular flexibility index (Phi) is 5.80. The predicted octanol–water partition coefficient (Wildman–Crippen LogP) is 3.11. The standard InChI is InChI=1S/C16H25FN2O/c1-3-8-18-13(2)16-14(17)6-4-7-15(16)19-9-5-11-20-12-10-19/h4,6-7,13,18H,3,5,8-12H2,1-2H3. The maximum atomic E-state index is 14.3. The first kappa shape index (κ1) is 15.3. The first-order valence-electron chi connectivity index (χ1n) is 7.58. The molecule has 1 heterocycles. The van der Waals surface area contributed by atoms with Gasteiger partial charge in [-0.25, -0.2) is 4.39 Å². The van der Waals surface area contributed by atoms with Crippen LogP contribution < -0.4 is 10.2 Å². The van der Waals surface area contributed by atoms with Gasteiger partial charge >= 0.3 is 0 Å². The molecule has 0 amide bonds. The van der Waals surface area contributed by atoms with Crippen LogP contribution in [0, 0.1) is 5.82 Å². The molecule has 4 heteroatoms. The van der Waals surface area contributed by atoms with E-state index in [1.54, 1.807) is 12.1 Å². The number of ether oxygens (including phenoxy) is 1. The van der Waals surface area contributed by atoms with E-state index in [1.165, 1.54) is 0 Å². The number of hydrogen-bond donors (Lipinski definition) is 1. The largest absolute Gasteiger partial charge is 0.380 e. The Balaban J connectivity index is 2.24. The molecule has 1 atom stereocenters. The SMILES string of the molecule is CCCNC(C)c1c(F)cccc1N1CCCOCC1. The Morgan fingerprint density at radius 2 is 2.20 bits per heavy atom. The van der Waals surface area contributed by atoms with E-state index in [1.807, 2.05) is 13.0 Å². The van der Waals surface area contributed by atoms with Crippen molar-refractivity contribution >= 4 is 5.69 Å². The molecule has 2 rings (SSSR count). The monoisotopic (exact) mass is 280 g/mol. The second-order valence-electron chi connectivity index (χ2n) is 5.30. The van der Waals surface area contributed by atoms with E-state index in [0.717, 1.165) is 50.3 Å². The van der Waals surface area contributed by atoms with E-state index in [-0.39, 0.29) is 11.9 Å². The van der Waals surface area contributed by atoms with E-state index in [4.69, 9.17) is 4.74 Å². The lowest BCUT2D eigenvalue weighted by Crippen LogP contribution is -2.29. The summed E-state index contributed by atoms with van der Waals surface area (Å²) in [7, 11) is 0. The van der Waals surface area contributed by atoms with Gasteiger partial charge in [0.15, 0.2) is 0 Å². The Hall–Kier alpha value is -1.13. The van der Waals surface area contributed by atoms with Crippen molar-refractivity contribution in [3.05, 3.63) is 29.6 Å². The number of hydrogen-bond acceptors (Lipinski definition) is 3. The molecule has 0 saturated carbocycles. The highest BCUT2D eigenvalue weighted by Gasteiger charge is 2.20. The number of benzene rings is 1. The normalized spacial score (nSPS) is 17.9. The summed E-state index contributed by atoms with van der Waals surface area (Å²) in [6.07, 6.45) is 2.04. The van der Waals surface area contributed by atoms with Gasteiger partial charge in [-0.3, -0.25) is 0 Å².